The van der Waals surface area contributed by atoms with Crippen LogP contribution in [-0.4, -0.2) is 23.0 Å². The summed E-state index contributed by atoms with van der Waals surface area (Å²) in [6.07, 6.45) is -1.37. The van der Waals surface area contributed by atoms with Crippen LogP contribution in [0.3, 0.4) is 0 Å². The zero-order valence-corrected chi connectivity index (χ0v) is 18.3. The monoisotopic (exact) mass is 467 g/mol. The molecule has 0 radical (unpaired) electrons. The Hall–Kier alpha value is -4.14. The van der Waals surface area contributed by atoms with Gasteiger partial charge in [-0.2, -0.15) is 13.2 Å². The highest BCUT2D eigenvalue weighted by molar-refractivity contribution is 5.98. The fraction of sp³-hybridized carbons (Fsp3) is 0.160. The first-order chi connectivity index (χ1) is 16.2. The fourth-order valence-electron chi connectivity index (χ4n) is 3.33. The number of pyridine rings is 2. The Balaban J connectivity index is 1.61. The van der Waals surface area contributed by atoms with E-state index >= 15 is 0 Å². The van der Waals surface area contributed by atoms with Gasteiger partial charge in [-0.05, 0) is 55.5 Å². The largest absolute Gasteiger partial charge is 0.497 e. The zero-order valence-electron chi connectivity index (χ0n) is 18.3. The summed E-state index contributed by atoms with van der Waals surface area (Å²) < 4.78 is 49.6. The lowest BCUT2D eigenvalue weighted by Gasteiger charge is -2.14. The third kappa shape index (κ3) is 5.09. The molecular formula is C25H20F3N3O3. The molecule has 4 rings (SSSR count). The van der Waals surface area contributed by atoms with E-state index in [4.69, 9.17) is 9.47 Å². The van der Waals surface area contributed by atoms with Crippen molar-refractivity contribution in [3.05, 3.63) is 89.9 Å². The second kappa shape index (κ2) is 9.38. The van der Waals surface area contributed by atoms with Crippen molar-refractivity contribution in [3.8, 4) is 17.2 Å². The highest BCUT2D eigenvalue weighted by Crippen LogP contribution is 2.35. The predicted octanol–water partition coefficient (Wildman–Crippen LogP) is 5.94. The van der Waals surface area contributed by atoms with Crippen LogP contribution in [0.4, 0.5) is 13.2 Å². The number of nitrogens with one attached hydrogen (secondary N) is 1. The molecule has 0 aliphatic heterocycles. The number of amides is 1. The Morgan fingerprint density at radius 2 is 1.76 bits per heavy atom. The van der Waals surface area contributed by atoms with E-state index in [9.17, 15) is 18.0 Å². The lowest BCUT2D eigenvalue weighted by atomic mass is 10.1. The maximum Gasteiger partial charge on any atom is 0.416 e. The van der Waals surface area contributed by atoms with Crippen molar-refractivity contribution >= 4 is 16.8 Å². The minimum absolute atomic E-state index is 0.204. The van der Waals surface area contributed by atoms with Gasteiger partial charge in [0.25, 0.3) is 5.91 Å². The van der Waals surface area contributed by atoms with Crippen LogP contribution in [0.5, 0.6) is 17.2 Å². The number of carbonyl (C=O) groups is 1. The number of nitrogens with zero attached hydrogens (tertiary/aromatic N) is 2. The number of alkyl halides is 3. The van der Waals surface area contributed by atoms with E-state index in [-0.39, 0.29) is 23.4 Å². The predicted molar refractivity (Wildman–Crippen MR) is 120 cm³/mol. The summed E-state index contributed by atoms with van der Waals surface area (Å²) in [5.41, 5.74) is 0.696. The average Bonchev–Trinajstić information content (AvgIpc) is 2.83. The first-order valence-electron chi connectivity index (χ1n) is 10.3. The number of hydrogen-bond acceptors (Lipinski definition) is 5. The first-order valence-corrected chi connectivity index (χ1v) is 10.3. The molecule has 0 aliphatic carbocycles. The molecule has 0 saturated heterocycles. The Morgan fingerprint density at radius 1 is 1.00 bits per heavy atom. The molecule has 2 aromatic heterocycles. The van der Waals surface area contributed by atoms with E-state index in [0.29, 0.717) is 22.2 Å². The molecule has 0 aliphatic rings. The minimum Gasteiger partial charge on any atom is -0.497 e. The molecule has 4 aromatic rings. The number of rotatable bonds is 6. The van der Waals surface area contributed by atoms with Crippen molar-refractivity contribution in [2.24, 2.45) is 0 Å². The first kappa shape index (κ1) is 23.0. The normalized spacial score (nSPS) is 12.3. The summed E-state index contributed by atoms with van der Waals surface area (Å²) in [7, 11) is 1.47. The van der Waals surface area contributed by atoms with Crippen molar-refractivity contribution in [1.29, 1.82) is 0 Å². The number of carbonyl (C=O) groups excluding carboxylic acids is 1. The molecule has 2 aromatic carbocycles. The summed E-state index contributed by atoms with van der Waals surface area (Å²) in [5.74, 6) is 0.592. The van der Waals surface area contributed by atoms with Gasteiger partial charge in [-0.25, -0.2) is 0 Å². The van der Waals surface area contributed by atoms with Crippen LogP contribution in [0.2, 0.25) is 0 Å². The summed E-state index contributed by atoms with van der Waals surface area (Å²) >= 11 is 0. The maximum atomic E-state index is 12.8. The zero-order chi connectivity index (χ0) is 24.3. The molecular weight excluding hydrogens is 447 g/mol. The standard InChI is InChI=1S/C25H20F3N3O3/c1-15(21-5-3-4-10-29-21)31-24(32)17-11-16-12-20(33-2)13-22(23(16)30-14-17)34-19-8-6-18(7-9-19)25(26,27)28/h3-15H,1-2H3,(H,31,32). The molecule has 2 heterocycles. The third-order valence-electron chi connectivity index (χ3n) is 5.11. The number of aromatic nitrogens is 2. The average molecular weight is 467 g/mol. The van der Waals surface area contributed by atoms with Crippen LogP contribution in [0, 0.1) is 0 Å². The van der Waals surface area contributed by atoms with Gasteiger partial charge in [-0.15, -0.1) is 0 Å². The Kier molecular flexibility index (Phi) is 6.36. The molecule has 34 heavy (non-hydrogen) atoms. The maximum absolute atomic E-state index is 12.8. The van der Waals surface area contributed by atoms with Crippen molar-refractivity contribution in [2.75, 3.05) is 7.11 Å². The number of methoxy groups -OCH3 is 1. The lowest BCUT2D eigenvalue weighted by molar-refractivity contribution is -0.137. The second-order valence-corrected chi connectivity index (χ2v) is 7.50. The van der Waals surface area contributed by atoms with Crippen molar-refractivity contribution in [3.63, 3.8) is 0 Å². The third-order valence-corrected chi connectivity index (χ3v) is 5.11. The minimum atomic E-state index is -4.44. The van der Waals surface area contributed by atoms with E-state index in [1.165, 1.54) is 25.4 Å². The van der Waals surface area contributed by atoms with E-state index in [1.54, 1.807) is 30.5 Å². The number of fused-ring (bicyclic) bond motifs is 1. The van der Waals surface area contributed by atoms with Gasteiger partial charge in [0.1, 0.15) is 17.0 Å². The van der Waals surface area contributed by atoms with Gasteiger partial charge in [-0.3, -0.25) is 14.8 Å². The quantitative estimate of drug-likeness (QED) is 0.380. The van der Waals surface area contributed by atoms with Crippen LogP contribution < -0.4 is 14.8 Å². The smallest absolute Gasteiger partial charge is 0.416 e. The molecule has 9 heteroatoms. The van der Waals surface area contributed by atoms with Gasteiger partial charge in [0, 0.05) is 23.8 Å². The van der Waals surface area contributed by atoms with Gasteiger partial charge in [0.2, 0.25) is 0 Å². The highest BCUT2D eigenvalue weighted by Gasteiger charge is 2.30. The van der Waals surface area contributed by atoms with Gasteiger partial charge < -0.3 is 14.8 Å². The molecule has 0 fully saturated rings. The Morgan fingerprint density at radius 3 is 2.41 bits per heavy atom. The molecule has 6 nitrogen and oxygen atoms in total. The van der Waals surface area contributed by atoms with E-state index < -0.39 is 11.7 Å². The summed E-state index contributed by atoms with van der Waals surface area (Å²) in [6, 6.07) is 14.4. The molecule has 1 unspecified atom stereocenters. The lowest BCUT2D eigenvalue weighted by Crippen LogP contribution is -2.27. The van der Waals surface area contributed by atoms with Gasteiger partial charge in [0.15, 0.2) is 5.75 Å². The SMILES string of the molecule is COc1cc(Oc2ccc(C(F)(F)F)cc2)c2ncc(C(=O)NC(C)c3ccccn3)cc2c1. The van der Waals surface area contributed by atoms with Gasteiger partial charge in [0.05, 0.1) is 30.0 Å². The van der Waals surface area contributed by atoms with Crippen molar-refractivity contribution in [2.45, 2.75) is 19.1 Å². The number of halogens is 3. The molecule has 174 valence electrons. The molecule has 1 amide bonds. The second-order valence-electron chi connectivity index (χ2n) is 7.50. The van der Waals surface area contributed by atoms with Crippen LogP contribution in [0.1, 0.15) is 34.6 Å². The van der Waals surface area contributed by atoms with E-state index in [2.05, 4.69) is 15.3 Å². The number of hydrogen-bond donors (Lipinski definition) is 1. The van der Waals surface area contributed by atoms with Crippen LogP contribution >= 0.6 is 0 Å². The number of ether oxygens (including phenoxy) is 2. The molecule has 0 spiro atoms. The summed E-state index contributed by atoms with van der Waals surface area (Å²) in [6.45, 7) is 1.83. The van der Waals surface area contributed by atoms with Gasteiger partial charge in [-0.1, -0.05) is 6.07 Å². The van der Waals surface area contributed by atoms with Gasteiger partial charge >= 0.3 is 6.18 Å². The Labute approximate surface area is 193 Å². The van der Waals surface area contributed by atoms with Crippen LogP contribution in [0.15, 0.2) is 73.1 Å². The number of benzene rings is 2. The molecule has 1 N–H and O–H groups in total. The molecule has 1 atom stereocenters. The summed E-state index contributed by atoms with van der Waals surface area (Å²) in [4.78, 5) is 21.4. The summed E-state index contributed by atoms with van der Waals surface area (Å²) in [5, 5.41) is 3.45. The van der Waals surface area contributed by atoms with Crippen LogP contribution in [0.25, 0.3) is 10.9 Å². The molecule has 0 bridgehead atoms. The highest BCUT2D eigenvalue weighted by atomic mass is 19.4. The van der Waals surface area contributed by atoms with Crippen molar-refractivity contribution < 1.29 is 27.4 Å². The fourth-order valence-corrected chi connectivity index (χ4v) is 3.33. The molecule has 0 saturated carbocycles. The Bertz CT molecular complexity index is 1310. The topological polar surface area (TPSA) is 73.3 Å². The van der Waals surface area contributed by atoms with E-state index in [0.717, 1.165) is 17.8 Å². The van der Waals surface area contributed by atoms with Crippen LogP contribution in [-0.2, 0) is 6.18 Å². The van der Waals surface area contributed by atoms with Crippen molar-refractivity contribution in [1.82, 2.24) is 15.3 Å². The van der Waals surface area contributed by atoms with E-state index in [1.807, 2.05) is 19.1 Å².